The molecule has 0 aliphatic heterocycles. The van der Waals surface area contributed by atoms with Gasteiger partial charge in [0.1, 0.15) is 12.4 Å². The summed E-state index contributed by atoms with van der Waals surface area (Å²) in [4.78, 5) is 0. The molecule has 102 valence electrons. The largest absolute Gasteiger partial charge is 0.493 e. The molecule has 19 heavy (non-hydrogen) atoms. The minimum Gasteiger partial charge on any atom is -0.493 e. The van der Waals surface area contributed by atoms with Gasteiger partial charge in [0.25, 0.3) is 0 Å². The molecule has 0 unspecified atom stereocenters. The molecule has 0 atom stereocenters. The van der Waals surface area contributed by atoms with E-state index in [2.05, 4.69) is 0 Å². The van der Waals surface area contributed by atoms with Gasteiger partial charge in [0.15, 0.2) is 9.84 Å². The highest BCUT2D eigenvalue weighted by molar-refractivity contribution is 7.92. The highest BCUT2D eigenvalue weighted by Crippen LogP contribution is 2.25. The third-order valence-corrected chi connectivity index (χ3v) is 5.65. The van der Waals surface area contributed by atoms with Crippen LogP contribution in [0.25, 0.3) is 0 Å². The van der Waals surface area contributed by atoms with Crippen LogP contribution in [0.2, 0.25) is 0 Å². The summed E-state index contributed by atoms with van der Waals surface area (Å²) in [5, 5.41) is 8.49. The molecule has 0 aromatic heterocycles. The maximum atomic E-state index is 12.0. The van der Waals surface area contributed by atoms with Crippen LogP contribution in [0.3, 0.4) is 0 Å². The number of ether oxygens (including phenoxy) is 1. The van der Waals surface area contributed by atoms with Crippen molar-refractivity contribution in [3.63, 3.8) is 0 Å². The van der Waals surface area contributed by atoms with Gasteiger partial charge in [-0.15, -0.1) is 0 Å². The lowest BCUT2D eigenvalue weighted by Crippen LogP contribution is -2.24. The summed E-state index contributed by atoms with van der Waals surface area (Å²) in [6, 6.07) is 8.69. The summed E-state index contributed by atoms with van der Waals surface area (Å²) >= 11 is 0. The second-order valence-electron chi connectivity index (χ2n) is 4.76. The van der Waals surface area contributed by atoms with Crippen molar-refractivity contribution in [3.8, 4) is 11.8 Å². The Kier molecular flexibility index (Phi) is 4.43. The standard InChI is InChI=1S/C14H17NO3S/c15-11-12-5-7-13(8-6-12)18-9-10-19(16,17)14-3-1-2-4-14/h5-8,14H,1-4,9-10H2. The van der Waals surface area contributed by atoms with Gasteiger partial charge >= 0.3 is 0 Å². The summed E-state index contributed by atoms with van der Waals surface area (Å²) < 4.78 is 29.4. The predicted molar refractivity (Wildman–Crippen MR) is 72.7 cm³/mol. The average Bonchev–Trinajstić information content (AvgIpc) is 2.94. The Morgan fingerprint density at radius 1 is 1.21 bits per heavy atom. The molecule has 1 saturated carbocycles. The number of nitriles is 1. The van der Waals surface area contributed by atoms with Crippen molar-refractivity contribution in [1.82, 2.24) is 0 Å². The molecule has 0 saturated heterocycles. The Hall–Kier alpha value is -1.54. The zero-order valence-corrected chi connectivity index (χ0v) is 11.5. The van der Waals surface area contributed by atoms with Crippen molar-refractivity contribution in [2.75, 3.05) is 12.4 Å². The van der Waals surface area contributed by atoms with Crippen LogP contribution in [0.1, 0.15) is 31.2 Å². The van der Waals surface area contributed by atoms with Crippen LogP contribution >= 0.6 is 0 Å². The smallest absolute Gasteiger partial charge is 0.156 e. The third kappa shape index (κ3) is 3.71. The first kappa shape index (κ1) is 13.9. The van der Waals surface area contributed by atoms with Crippen molar-refractivity contribution < 1.29 is 13.2 Å². The quantitative estimate of drug-likeness (QED) is 0.829. The van der Waals surface area contributed by atoms with Crippen LogP contribution in [0, 0.1) is 11.3 Å². The van der Waals surface area contributed by atoms with Crippen LogP contribution in [0.4, 0.5) is 0 Å². The Morgan fingerprint density at radius 2 is 1.84 bits per heavy atom. The van der Waals surface area contributed by atoms with Crippen molar-refractivity contribution in [1.29, 1.82) is 5.26 Å². The third-order valence-electron chi connectivity index (χ3n) is 3.43. The van der Waals surface area contributed by atoms with Gasteiger partial charge in [-0.25, -0.2) is 8.42 Å². The first-order valence-corrected chi connectivity index (χ1v) is 8.18. The molecule has 1 aliphatic carbocycles. The van der Waals surface area contributed by atoms with E-state index in [0.717, 1.165) is 25.7 Å². The first-order chi connectivity index (χ1) is 9.12. The molecule has 5 heteroatoms. The monoisotopic (exact) mass is 279 g/mol. The SMILES string of the molecule is N#Cc1ccc(OCCS(=O)(=O)C2CCCC2)cc1. The van der Waals surface area contributed by atoms with E-state index in [1.54, 1.807) is 24.3 Å². The molecular formula is C14H17NO3S. The van der Waals surface area contributed by atoms with E-state index >= 15 is 0 Å². The van der Waals surface area contributed by atoms with E-state index in [1.165, 1.54) is 0 Å². The highest BCUT2D eigenvalue weighted by Gasteiger charge is 2.28. The predicted octanol–water partition coefficient (Wildman–Crippen LogP) is 2.29. The summed E-state index contributed by atoms with van der Waals surface area (Å²) in [6.45, 7) is 0.171. The van der Waals surface area contributed by atoms with Crippen LogP contribution in [-0.4, -0.2) is 26.0 Å². The number of rotatable bonds is 5. The maximum Gasteiger partial charge on any atom is 0.156 e. The van der Waals surface area contributed by atoms with E-state index in [1.807, 2.05) is 6.07 Å². The van der Waals surface area contributed by atoms with Gasteiger partial charge < -0.3 is 4.74 Å². The van der Waals surface area contributed by atoms with E-state index in [9.17, 15) is 8.42 Å². The molecule has 0 heterocycles. The molecule has 1 aromatic carbocycles. The van der Waals surface area contributed by atoms with Gasteiger partial charge in [-0.3, -0.25) is 0 Å². The Bertz CT molecular complexity index is 551. The van der Waals surface area contributed by atoms with Crippen LogP contribution in [0.15, 0.2) is 24.3 Å². The van der Waals surface area contributed by atoms with Gasteiger partial charge in [-0.05, 0) is 37.1 Å². The Labute approximate surface area is 113 Å². The number of hydrogen-bond acceptors (Lipinski definition) is 4. The topological polar surface area (TPSA) is 67.2 Å². The summed E-state index contributed by atoms with van der Waals surface area (Å²) in [6.07, 6.45) is 3.61. The molecule has 0 radical (unpaired) electrons. The van der Waals surface area contributed by atoms with Gasteiger partial charge in [-0.1, -0.05) is 12.8 Å². The normalized spacial score (nSPS) is 16.2. The van der Waals surface area contributed by atoms with E-state index < -0.39 is 9.84 Å². The molecular weight excluding hydrogens is 262 g/mol. The molecule has 0 bridgehead atoms. The van der Waals surface area contributed by atoms with Crippen molar-refractivity contribution in [2.24, 2.45) is 0 Å². The van der Waals surface area contributed by atoms with Crippen molar-refractivity contribution in [2.45, 2.75) is 30.9 Å². The minimum atomic E-state index is -3.02. The fourth-order valence-electron chi connectivity index (χ4n) is 2.32. The fraction of sp³-hybridized carbons (Fsp3) is 0.500. The maximum absolute atomic E-state index is 12.0. The summed E-state index contributed by atoms with van der Waals surface area (Å²) in [5.74, 6) is 0.665. The first-order valence-electron chi connectivity index (χ1n) is 6.46. The fourth-order valence-corrected chi connectivity index (χ4v) is 4.02. The Balaban J connectivity index is 1.84. The second-order valence-corrected chi connectivity index (χ2v) is 7.16. The van der Waals surface area contributed by atoms with Crippen LogP contribution in [-0.2, 0) is 9.84 Å². The van der Waals surface area contributed by atoms with Crippen LogP contribution < -0.4 is 4.74 Å². The minimum absolute atomic E-state index is 0.0671. The second kappa shape index (κ2) is 6.07. The van der Waals surface area contributed by atoms with Crippen molar-refractivity contribution >= 4 is 9.84 Å². The lowest BCUT2D eigenvalue weighted by atomic mass is 10.2. The van der Waals surface area contributed by atoms with Gasteiger partial charge in [0.2, 0.25) is 0 Å². The highest BCUT2D eigenvalue weighted by atomic mass is 32.2. The Morgan fingerprint density at radius 3 is 2.42 bits per heavy atom. The van der Waals surface area contributed by atoms with E-state index in [0.29, 0.717) is 11.3 Å². The molecule has 2 rings (SSSR count). The number of nitrogens with zero attached hydrogens (tertiary/aromatic N) is 1. The number of hydrogen-bond donors (Lipinski definition) is 0. The molecule has 1 aromatic rings. The van der Waals surface area contributed by atoms with E-state index in [-0.39, 0.29) is 17.6 Å². The molecule has 1 fully saturated rings. The molecule has 0 N–H and O–H groups in total. The molecule has 1 aliphatic rings. The number of benzene rings is 1. The molecule has 4 nitrogen and oxygen atoms in total. The van der Waals surface area contributed by atoms with Crippen molar-refractivity contribution in [3.05, 3.63) is 29.8 Å². The average molecular weight is 279 g/mol. The zero-order chi connectivity index (χ0) is 13.7. The lowest BCUT2D eigenvalue weighted by Gasteiger charge is -2.11. The lowest BCUT2D eigenvalue weighted by molar-refractivity contribution is 0.340. The molecule has 0 amide bonds. The van der Waals surface area contributed by atoms with Crippen LogP contribution in [0.5, 0.6) is 5.75 Å². The van der Waals surface area contributed by atoms with Gasteiger partial charge in [0, 0.05) is 0 Å². The van der Waals surface area contributed by atoms with Gasteiger partial charge in [0.05, 0.1) is 22.6 Å². The zero-order valence-electron chi connectivity index (χ0n) is 10.7. The van der Waals surface area contributed by atoms with E-state index in [4.69, 9.17) is 10.00 Å². The summed E-state index contributed by atoms with van der Waals surface area (Å²) in [7, 11) is -3.02. The molecule has 0 spiro atoms. The summed E-state index contributed by atoms with van der Waals surface area (Å²) in [5.41, 5.74) is 0.561. The van der Waals surface area contributed by atoms with Gasteiger partial charge in [-0.2, -0.15) is 5.26 Å². The number of sulfone groups is 1.